The summed E-state index contributed by atoms with van der Waals surface area (Å²) in [6.45, 7) is 1.77. The highest BCUT2D eigenvalue weighted by Gasteiger charge is 2.11. The highest BCUT2D eigenvalue weighted by Crippen LogP contribution is 2.04. The van der Waals surface area contributed by atoms with Crippen LogP contribution in [0.1, 0.15) is 32.6 Å². The minimum Gasteiger partial charge on any atom is -0.469 e. The van der Waals surface area contributed by atoms with Gasteiger partial charge >= 0.3 is 5.97 Å². The van der Waals surface area contributed by atoms with E-state index in [1.165, 1.54) is 7.11 Å². The number of aliphatic hydroxyl groups excluding tert-OH is 1. The second kappa shape index (κ2) is 6.60. The molecule has 1 N–H and O–H groups in total. The van der Waals surface area contributed by atoms with E-state index in [-0.39, 0.29) is 12.2 Å². The van der Waals surface area contributed by atoms with Gasteiger partial charge in [0.25, 0.3) is 0 Å². The van der Waals surface area contributed by atoms with E-state index in [1.807, 2.05) is 0 Å². The predicted molar refractivity (Wildman–Crippen MR) is 47.2 cm³/mol. The Bertz CT molecular complexity index is 176. The number of aliphatic hydroxyl groups is 1. The van der Waals surface area contributed by atoms with Gasteiger partial charge in [-0.25, -0.2) is 0 Å². The molecule has 0 saturated heterocycles. The van der Waals surface area contributed by atoms with Crippen molar-refractivity contribution in [3.05, 3.63) is 0 Å². The van der Waals surface area contributed by atoms with Crippen LogP contribution < -0.4 is 0 Å². The predicted octanol–water partition coefficient (Wildman–Crippen LogP) is 0.670. The second-order valence-electron chi connectivity index (χ2n) is 2.86. The summed E-state index contributed by atoms with van der Waals surface area (Å²) < 4.78 is 4.37. The molecule has 1 atom stereocenters. The summed E-state index contributed by atoms with van der Waals surface area (Å²) in [5.41, 5.74) is 0. The van der Waals surface area contributed by atoms with Gasteiger partial charge in [0.15, 0.2) is 0 Å². The molecule has 4 heteroatoms. The van der Waals surface area contributed by atoms with Crippen molar-refractivity contribution in [3.63, 3.8) is 0 Å². The topological polar surface area (TPSA) is 63.6 Å². The first-order valence-corrected chi connectivity index (χ1v) is 4.36. The van der Waals surface area contributed by atoms with Gasteiger partial charge in [-0.3, -0.25) is 9.59 Å². The molecule has 0 aliphatic rings. The van der Waals surface area contributed by atoms with E-state index in [0.29, 0.717) is 19.3 Å². The Morgan fingerprint density at radius 1 is 1.46 bits per heavy atom. The third kappa shape index (κ3) is 6.28. The highest BCUT2D eigenvalue weighted by atomic mass is 16.5. The summed E-state index contributed by atoms with van der Waals surface area (Å²) in [5, 5.41) is 9.24. The third-order valence-corrected chi connectivity index (χ3v) is 1.78. The molecule has 1 unspecified atom stereocenters. The van der Waals surface area contributed by atoms with Crippen LogP contribution >= 0.6 is 0 Å². The molecule has 0 spiro atoms. The summed E-state index contributed by atoms with van der Waals surface area (Å²) >= 11 is 0. The van der Waals surface area contributed by atoms with Crippen molar-refractivity contribution in [1.82, 2.24) is 0 Å². The summed E-state index contributed by atoms with van der Waals surface area (Å²) in [6, 6.07) is 0. The molecule has 13 heavy (non-hydrogen) atoms. The van der Waals surface area contributed by atoms with Crippen molar-refractivity contribution in [2.75, 3.05) is 7.11 Å². The fourth-order valence-electron chi connectivity index (χ4n) is 0.882. The molecule has 76 valence electrons. The minimum atomic E-state index is -0.761. The van der Waals surface area contributed by atoms with Crippen LogP contribution in [-0.4, -0.2) is 30.1 Å². The molecule has 0 aliphatic heterocycles. The van der Waals surface area contributed by atoms with Crippen molar-refractivity contribution >= 4 is 11.8 Å². The lowest BCUT2D eigenvalue weighted by molar-refractivity contribution is -0.143. The van der Waals surface area contributed by atoms with Gasteiger partial charge in [-0.05, 0) is 6.42 Å². The maximum Gasteiger partial charge on any atom is 0.308 e. The van der Waals surface area contributed by atoms with Gasteiger partial charge in [-0.2, -0.15) is 0 Å². The zero-order valence-electron chi connectivity index (χ0n) is 8.08. The fourth-order valence-corrected chi connectivity index (χ4v) is 0.882. The van der Waals surface area contributed by atoms with Crippen molar-refractivity contribution in [2.45, 2.75) is 38.7 Å². The molecule has 0 aliphatic carbocycles. The molecular formula is C9H16O4. The van der Waals surface area contributed by atoms with Gasteiger partial charge in [0, 0.05) is 12.8 Å². The molecule has 0 radical (unpaired) electrons. The van der Waals surface area contributed by atoms with Crippen LogP contribution in [0.5, 0.6) is 0 Å². The summed E-state index contributed by atoms with van der Waals surface area (Å²) in [5.74, 6) is -0.347. The average molecular weight is 188 g/mol. The SMILES string of the molecule is CCC(=O)CCC(O)CC(=O)OC. The lowest BCUT2D eigenvalue weighted by atomic mass is 10.1. The molecule has 0 saturated carbocycles. The first kappa shape index (κ1) is 12.1. The van der Waals surface area contributed by atoms with Gasteiger partial charge < -0.3 is 9.84 Å². The van der Waals surface area contributed by atoms with Crippen LogP contribution in [0.2, 0.25) is 0 Å². The summed E-state index contributed by atoms with van der Waals surface area (Å²) in [6.07, 6.45) is 0.345. The van der Waals surface area contributed by atoms with Crippen molar-refractivity contribution in [3.8, 4) is 0 Å². The first-order valence-electron chi connectivity index (χ1n) is 4.36. The Hall–Kier alpha value is -0.900. The molecule has 0 rings (SSSR count). The van der Waals surface area contributed by atoms with Crippen LogP contribution in [0.3, 0.4) is 0 Å². The smallest absolute Gasteiger partial charge is 0.308 e. The molecule has 0 aromatic carbocycles. The van der Waals surface area contributed by atoms with E-state index >= 15 is 0 Å². The number of ether oxygens (including phenoxy) is 1. The largest absolute Gasteiger partial charge is 0.469 e. The Morgan fingerprint density at radius 2 is 2.08 bits per heavy atom. The zero-order chi connectivity index (χ0) is 10.3. The van der Waals surface area contributed by atoms with Gasteiger partial charge in [-0.15, -0.1) is 0 Å². The second-order valence-corrected chi connectivity index (χ2v) is 2.86. The van der Waals surface area contributed by atoms with E-state index in [2.05, 4.69) is 4.74 Å². The Kier molecular flexibility index (Phi) is 6.14. The van der Waals surface area contributed by atoms with Crippen LogP contribution in [0.25, 0.3) is 0 Å². The van der Waals surface area contributed by atoms with E-state index in [9.17, 15) is 14.7 Å². The number of ketones is 1. The normalized spacial score (nSPS) is 12.2. The molecular weight excluding hydrogens is 172 g/mol. The maximum atomic E-state index is 10.8. The van der Waals surface area contributed by atoms with Gasteiger partial charge in [0.05, 0.1) is 19.6 Å². The number of carbonyl (C=O) groups excluding carboxylic acids is 2. The van der Waals surface area contributed by atoms with Crippen molar-refractivity contribution in [1.29, 1.82) is 0 Å². The standard InChI is InChI=1S/C9H16O4/c1-3-7(10)4-5-8(11)6-9(12)13-2/h8,11H,3-6H2,1-2H3. The third-order valence-electron chi connectivity index (χ3n) is 1.78. The van der Waals surface area contributed by atoms with Crippen molar-refractivity contribution in [2.24, 2.45) is 0 Å². The Balaban J connectivity index is 3.56. The van der Waals surface area contributed by atoms with Gasteiger partial charge in [0.2, 0.25) is 0 Å². The van der Waals surface area contributed by atoms with Crippen LogP contribution in [0.4, 0.5) is 0 Å². The van der Waals surface area contributed by atoms with Crippen LogP contribution in [0.15, 0.2) is 0 Å². The zero-order valence-corrected chi connectivity index (χ0v) is 8.08. The van der Waals surface area contributed by atoms with E-state index in [0.717, 1.165) is 0 Å². The lowest BCUT2D eigenvalue weighted by Crippen LogP contribution is -2.15. The monoisotopic (exact) mass is 188 g/mol. The summed E-state index contributed by atoms with van der Waals surface area (Å²) in [4.78, 5) is 21.5. The molecule has 0 aromatic heterocycles. The number of hydrogen-bond donors (Lipinski definition) is 1. The molecule has 0 amide bonds. The number of Topliss-reactive ketones (excluding diaryl/α,β-unsaturated/α-hetero) is 1. The highest BCUT2D eigenvalue weighted by molar-refractivity contribution is 5.78. The maximum absolute atomic E-state index is 10.8. The summed E-state index contributed by atoms with van der Waals surface area (Å²) in [7, 11) is 1.27. The Morgan fingerprint density at radius 3 is 2.54 bits per heavy atom. The number of rotatable bonds is 6. The number of esters is 1. The average Bonchev–Trinajstić information content (AvgIpc) is 2.13. The Labute approximate surface area is 77.9 Å². The first-order chi connectivity index (χ1) is 6.10. The number of methoxy groups -OCH3 is 1. The van der Waals surface area contributed by atoms with Gasteiger partial charge in [-0.1, -0.05) is 6.92 Å². The van der Waals surface area contributed by atoms with E-state index in [4.69, 9.17) is 0 Å². The lowest BCUT2D eigenvalue weighted by Gasteiger charge is -2.07. The van der Waals surface area contributed by atoms with Gasteiger partial charge in [0.1, 0.15) is 5.78 Å². The molecule has 0 bridgehead atoms. The quantitative estimate of drug-likeness (QED) is 0.622. The van der Waals surface area contributed by atoms with Crippen LogP contribution in [0, 0.1) is 0 Å². The number of carbonyl (C=O) groups is 2. The van der Waals surface area contributed by atoms with E-state index in [1.54, 1.807) is 6.92 Å². The van der Waals surface area contributed by atoms with Crippen molar-refractivity contribution < 1.29 is 19.4 Å². The molecule has 0 heterocycles. The molecule has 4 nitrogen and oxygen atoms in total. The number of hydrogen-bond acceptors (Lipinski definition) is 4. The van der Waals surface area contributed by atoms with Crippen LogP contribution in [-0.2, 0) is 14.3 Å². The minimum absolute atomic E-state index is 0.0342. The molecule has 0 aromatic rings. The molecule has 0 fully saturated rings. The fraction of sp³-hybridized carbons (Fsp3) is 0.778. The van der Waals surface area contributed by atoms with E-state index < -0.39 is 12.1 Å².